The third-order valence-electron chi connectivity index (χ3n) is 4.76. The first kappa shape index (κ1) is 18.6. The molecular weight excluding hydrogens is 371 g/mol. The molecule has 2 heterocycles. The Balaban J connectivity index is 1.80. The summed E-state index contributed by atoms with van der Waals surface area (Å²) in [5, 5.41) is 16.9. The van der Waals surface area contributed by atoms with Gasteiger partial charge in [0.2, 0.25) is 11.8 Å². The molecule has 1 atom stereocenters. The average molecular weight is 390 g/mol. The fraction of sp³-hybridized carbons (Fsp3) is 0.182. The summed E-state index contributed by atoms with van der Waals surface area (Å²) in [5.74, 6) is 0.200. The van der Waals surface area contributed by atoms with E-state index in [1.165, 1.54) is 12.1 Å². The van der Waals surface area contributed by atoms with E-state index in [4.69, 9.17) is 15.2 Å². The maximum Gasteiger partial charge on any atom is 0.244 e. The summed E-state index contributed by atoms with van der Waals surface area (Å²) in [6.07, 6.45) is 0.928. The molecule has 3 aromatic rings. The van der Waals surface area contributed by atoms with Gasteiger partial charge in [0.25, 0.3) is 0 Å². The van der Waals surface area contributed by atoms with Gasteiger partial charge in [-0.3, -0.25) is 5.10 Å². The van der Waals surface area contributed by atoms with Gasteiger partial charge in [0.1, 0.15) is 23.2 Å². The Morgan fingerprint density at radius 1 is 1.21 bits per heavy atom. The van der Waals surface area contributed by atoms with E-state index in [9.17, 15) is 9.65 Å². The van der Waals surface area contributed by atoms with Crippen molar-refractivity contribution in [2.75, 3.05) is 6.61 Å². The summed E-state index contributed by atoms with van der Waals surface area (Å²) < 4.78 is 24.7. The molecule has 0 amide bonds. The number of aromatic amines is 1. The van der Waals surface area contributed by atoms with Crippen molar-refractivity contribution in [2.45, 2.75) is 19.3 Å². The number of allylic oxidation sites excluding steroid dienone is 1. The van der Waals surface area contributed by atoms with Crippen LogP contribution in [0.5, 0.6) is 11.6 Å². The third-order valence-corrected chi connectivity index (χ3v) is 4.76. The third kappa shape index (κ3) is 3.41. The van der Waals surface area contributed by atoms with Crippen LogP contribution in [0.4, 0.5) is 4.39 Å². The van der Waals surface area contributed by atoms with E-state index in [2.05, 4.69) is 16.3 Å². The summed E-state index contributed by atoms with van der Waals surface area (Å²) in [4.78, 5) is 0. The van der Waals surface area contributed by atoms with Crippen LogP contribution in [0.2, 0.25) is 0 Å². The predicted octanol–water partition coefficient (Wildman–Crippen LogP) is 4.22. The summed E-state index contributed by atoms with van der Waals surface area (Å²) in [6.45, 7) is 2.70. The molecule has 1 aliphatic rings. The zero-order chi connectivity index (χ0) is 20.4. The van der Waals surface area contributed by atoms with Gasteiger partial charge in [-0.05, 0) is 48.4 Å². The van der Waals surface area contributed by atoms with Crippen LogP contribution in [0.25, 0.3) is 11.3 Å². The van der Waals surface area contributed by atoms with Gasteiger partial charge in [0, 0.05) is 5.56 Å². The summed E-state index contributed by atoms with van der Waals surface area (Å²) in [5.41, 5.74) is 9.20. The van der Waals surface area contributed by atoms with Crippen molar-refractivity contribution in [3.63, 3.8) is 0 Å². The number of halogens is 1. The van der Waals surface area contributed by atoms with Crippen molar-refractivity contribution in [1.29, 1.82) is 5.26 Å². The highest BCUT2D eigenvalue weighted by molar-refractivity contribution is 5.71. The number of hydrogen-bond donors (Lipinski definition) is 2. The predicted molar refractivity (Wildman–Crippen MR) is 106 cm³/mol. The maximum absolute atomic E-state index is 13.5. The van der Waals surface area contributed by atoms with Crippen LogP contribution < -0.4 is 15.2 Å². The lowest BCUT2D eigenvalue weighted by molar-refractivity contribution is 0.317. The second kappa shape index (κ2) is 7.68. The zero-order valence-electron chi connectivity index (χ0n) is 15.8. The lowest BCUT2D eigenvalue weighted by Gasteiger charge is -2.24. The molecule has 1 aliphatic heterocycles. The van der Waals surface area contributed by atoms with Crippen LogP contribution in [-0.4, -0.2) is 16.8 Å². The fourth-order valence-electron chi connectivity index (χ4n) is 3.39. The average Bonchev–Trinajstić information content (AvgIpc) is 3.15. The second-order valence-electron chi connectivity index (χ2n) is 6.67. The number of ether oxygens (including phenoxy) is 2. The Labute approximate surface area is 167 Å². The molecule has 0 spiro atoms. The van der Waals surface area contributed by atoms with Gasteiger partial charge in [0.05, 0.1) is 23.8 Å². The normalized spacial score (nSPS) is 15.4. The Hall–Kier alpha value is -3.79. The van der Waals surface area contributed by atoms with E-state index in [0.29, 0.717) is 23.7 Å². The number of hydrogen-bond acceptors (Lipinski definition) is 5. The Kier molecular flexibility index (Phi) is 4.92. The molecule has 0 saturated heterocycles. The van der Waals surface area contributed by atoms with Crippen LogP contribution in [0.3, 0.4) is 0 Å². The molecular formula is C22H19FN4O2. The van der Waals surface area contributed by atoms with Gasteiger partial charge in [-0.15, -0.1) is 5.10 Å². The molecule has 6 nitrogen and oxygen atoms in total. The van der Waals surface area contributed by atoms with E-state index >= 15 is 0 Å². The quantitative estimate of drug-likeness (QED) is 0.680. The molecule has 3 N–H and O–H groups in total. The van der Waals surface area contributed by atoms with Crippen LogP contribution in [0.1, 0.15) is 30.4 Å². The summed E-state index contributed by atoms with van der Waals surface area (Å²) >= 11 is 0. The van der Waals surface area contributed by atoms with Crippen molar-refractivity contribution in [3.05, 3.63) is 76.9 Å². The lowest BCUT2D eigenvalue weighted by atomic mass is 9.83. The van der Waals surface area contributed by atoms with Gasteiger partial charge in [-0.1, -0.05) is 19.1 Å². The highest BCUT2D eigenvalue weighted by Gasteiger charge is 2.35. The monoisotopic (exact) mass is 390 g/mol. The number of nitrogens with one attached hydrogen (secondary N) is 1. The Morgan fingerprint density at radius 2 is 1.93 bits per heavy atom. The fourth-order valence-corrected chi connectivity index (χ4v) is 3.39. The minimum atomic E-state index is -0.519. The minimum Gasteiger partial charge on any atom is -0.494 e. The molecule has 0 saturated carbocycles. The second-order valence-corrected chi connectivity index (χ2v) is 6.67. The van der Waals surface area contributed by atoms with E-state index in [1.807, 2.05) is 31.2 Å². The number of aromatic nitrogens is 2. The van der Waals surface area contributed by atoms with Gasteiger partial charge in [-0.25, -0.2) is 4.39 Å². The molecule has 0 unspecified atom stereocenters. The highest BCUT2D eigenvalue weighted by atomic mass is 19.1. The minimum absolute atomic E-state index is 0.00399. The van der Waals surface area contributed by atoms with Crippen LogP contribution in [0, 0.1) is 17.1 Å². The van der Waals surface area contributed by atoms with Gasteiger partial charge >= 0.3 is 0 Å². The number of nitrogens with two attached hydrogens (primary N) is 1. The molecule has 29 heavy (non-hydrogen) atoms. The molecule has 1 aromatic heterocycles. The maximum atomic E-state index is 13.5. The standard InChI is InChI=1S/C22H19FN4O2/c1-2-11-28-16-9-5-14(6-10-16)20-19-18(13-3-7-15(23)8-4-13)17(12-24)21(25)29-22(19)27-26-20/h3-10,18H,2,11,25H2,1H3,(H,26,27)/t18-/m0/s1. The van der Waals surface area contributed by atoms with Gasteiger partial charge in [-0.2, -0.15) is 5.26 Å². The van der Waals surface area contributed by atoms with E-state index in [1.54, 1.807) is 12.1 Å². The first-order valence-electron chi connectivity index (χ1n) is 9.27. The molecule has 146 valence electrons. The van der Waals surface area contributed by atoms with Crippen molar-refractivity contribution in [3.8, 4) is 29.0 Å². The lowest BCUT2D eigenvalue weighted by Crippen LogP contribution is -2.21. The molecule has 0 fully saturated rings. The van der Waals surface area contributed by atoms with Crippen molar-refractivity contribution >= 4 is 0 Å². The van der Waals surface area contributed by atoms with Crippen molar-refractivity contribution in [2.24, 2.45) is 5.73 Å². The topological polar surface area (TPSA) is 97.0 Å². The van der Waals surface area contributed by atoms with Crippen molar-refractivity contribution in [1.82, 2.24) is 10.2 Å². The van der Waals surface area contributed by atoms with E-state index < -0.39 is 5.92 Å². The summed E-state index contributed by atoms with van der Waals surface area (Å²) in [7, 11) is 0. The first-order valence-corrected chi connectivity index (χ1v) is 9.27. The Morgan fingerprint density at radius 3 is 2.59 bits per heavy atom. The van der Waals surface area contributed by atoms with Gasteiger partial charge in [0.15, 0.2) is 0 Å². The molecule has 4 rings (SSSR count). The number of rotatable bonds is 5. The van der Waals surface area contributed by atoms with Crippen LogP contribution >= 0.6 is 0 Å². The largest absolute Gasteiger partial charge is 0.494 e. The highest BCUT2D eigenvalue weighted by Crippen LogP contribution is 2.45. The molecule has 0 aliphatic carbocycles. The molecule has 7 heteroatoms. The molecule has 0 radical (unpaired) electrons. The smallest absolute Gasteiger partial charge is 0.244 e. The number of benzene rings is 2. The van der Waals surface area contributed by atoms with Crippen LogP contribution in [-0.2, 0) is 0 Å². The van der Waals surface area contributed by atoms with E-state index in [0.717, 1.165) is 23.3 Å². The Bertz CT molecular complexity index is 1100. The van der Waals surface area contributed by atoms with Gasteiger partial charge < -0.3 is 15.2 Å². The number of H-pyrrole nitrogens is 1. The number of nitrogens with zero attached hydrogens (tertiary/aromatic N) is 2. The number of nitriles is 1. The van der Waals surface area contributed by atoms with Crippen molar-refractivity contribution < 1.29 is 13.9 Å². The first-order chi connectivity index (χ1) is 14.1. The molecule has 0 bridgehead atoms. The van der Waals surface area contributed by atoms with Crippen LogP contribution in [0.15, 0.2) is 60.0 Å². The summed E-state index contributed by atoms with van der Waals surface area (Å²) in [6, 6.07) is 15.7. The zero-order valence-corrected chi connectivity index (χ0v) is 15.8. The molecule has 2 aromatic carbocycles. The SMILES string of the molecule is CCCOc1ccc(-c2[nH]nc3c2[C@@H](c2ccc(F)cc2)C(C#N)=C(N)O3)cc1. The number of fused-ring (bicyclic) bond motifs is 1. The van der Waals surface area contributed by atoms with E-state index in [-0.39, 0.29) is 17.3 Å².